The van der Waals surface area contributed by atoms with Crippen LogP contribution in [0.5, 0.6) is 0 Å². The molecule has 1 saturated heterocycles. The van der Waals surface area contributed by atoms with Gasteiger partial charge >= 0.3 is 0 Å². The average molecular weight is 278 g/mol. The van der Waals surface area contributed by atoms with Crippen molar-refractivity contribution >= 4 is 0 Å². The maximum atomic E-state index is 14.2. The predicted octanol–water partition coefficient (Wildman–Crippen LogP) is 3.73. The van der Waals surface area contributed by atoms with Crippen molar-refractivity contribution in [2.45, 2.75) is 51.6 Å². The van der Waals surface area contributed by atoms with Gasteiger partial charge in [0.1, 0.15) is 5.82 Å². The summed E-state index contributed by atoms with van der Waals surface area (Å²) in [6.45, 7) is 6.44. The van der Waals surface area contributed by atoms with E-state index in [2.05, 4.69) is 18.7 Å². The van der Waals surface area contributed by atoms with Crippen molar-refractivity contribution in [1.29, 1.82) is 0 Å². The van der Waals surface area contributed by atoms with Crippen LogP contribution >= 0.6 is 0 Å². The lowest BCUT2D eigenvalue weighted by Crippen LogP contribution is -2.41. The third kappa shape index (κ3) is 3.58. The molecule has 3 unspecified atom stereocenters. The molecule has 0 bridgehead atoms. The molecule has 0 saturated carbocycles. The first kappa shape index (κ1) is 15.5. The molecule has 1 aliphatic rings. The largest absolute Gasteiger partial charge is 0.326 e. The van der Waals surface area contributed by atoms with Crippen LogP contribution in [0.2, 0.25) is 0 Å². The van der Waals surface area contributed by atoms with Crippen LogP contribution in [0.25, 0.3) is 0 Å². The Balaban J connectivity index is 2.26. The van der Waals surface area contributed by atoms with Gasteiger partial charge in [-0.25, -0.2) is 4.39 Å². The molecule has 3 heteroatoms. The molecule has 0 amide bonds. The summed E-state index contributed by atoms with van der Waals surface area (Å²) in [4.78, 5) is 2.40. The van der Waals surface area contributed by atoms with Crippen molar-refractivity contribution in [2.24, 2.45) is 11.7 Å². The zero-order chi connectivity index (χ0) is 14.5. The molecule has 112 valence electrons. The van der Waals surface area contributed by atoms with E-state index < -0.39 is 0 Å². The molecule has 1 aromatic rings. The summed E-state index contributed by atoms with van der Waals surface area (Å²) in [5, 5.41) is 0. The fraction of sp³-hybridized carbons (Fsp3) is 0.647. The summed E-state index contributed by atoms with van der Waals surface area (Å²) in [5.41, 5.74) is 7.09. The maximum Gasteiger partial charge on any atom is 0.128 e. The van der Waals surface area contributed by atoms with E-state index in [1.54, 1.807) is 12.1 Å². The second kappa shape index (κ2) is 7.19. The zero-order valence-corrected chi connectivity index (χ0v) is 12.7. The summed E-state index contributed by atoms with van der Waals surface area (Å²) >= 11 is 0. The van der Waals surface area contributed by atoms with Crippen LogP contribution in [0.4, 0.5) is 4.39 Å². The zero-order valence-electron chi connectivity index (χ0n) is 12.7. The molecule has 2 rings (SSSR count). The normalized spacial score (nSPS) is 24.1. The minimum atomic E-state index is -0.126. The monoisotopic (exact) mass is 278 g/mol. The van der Waals surface area contributed by atoms with Crippen molar-refractivity contribution < 1.29 is 4.39 Å². The molecule has 1 aromatic carbocycles. The van der Waals surface area contributed by atoms with Gasteiger partial charge in [-0.05, 0) is 50.8 Å². The number of nitrogens with zero attached hydrogens (tertiary/aromatic N) is 1. The Morgan fingerprint density at radius 3 is 2.75 bits per heavy atom. The van der Waals surface area contributed by atoms with E-state index in [-0.39, 0.29) is 17.9 Å². The van der Waals surface area contributed by atoms with Crippen molar-refractivity contribution in [2.75, 3.05) is 13.1 Å². The first-order valence-electron chi connectivity index (χ1n) is 7.87. The van der Waals surface area contributed by atoms with E-state index in [0.717, 1.165) is 31.0 Å². The number of hydrogen-bond acceptors (Lipinski definition) is 2. The first-order valence-corrected chi connectivity index (χ1v) is 7.87. The van der Waals surface area contributed by atoms with E-state index in [9.17, 15) is 4.39 Å². The Morgan fingerprint density at radius 2 is 2.05 bits per heavy atom. The molecule has 3 atom stereocenters. The lowest BCUT2D eigenvalue weighted by molar-refractivity contribution is 0.170. The third-order valence-corrected chi connectivity index (χ3v) is 4.55. The molecule has 0 spiro atoms. The standard InChI is InChI=1S/C17H27FN2/c1-3-16(19)17(14-8-4-5-9-15(14)18)20-11-6-7-13(2)10-12-20/h4-5,8-9,13,16-17H,3,6-7,10-12,19H2,1-2H3. The topological polar surface area (TPSA) is 29.3 Å². The number of likely N-dealkylation sites (tertiary alicyclic amines) is 1. The van der Waals surface area contributed by atoms with Gasteiger partial charge in [-0.3, -0.25) is 4.90 Å². The van der Waals surface area contributed by atoms with Crippen LogP contribution in [-0.4, -0.2) is 24.0 Å². The van der Waals surface area contributed by atoms with Gasteiger partial charge in [0.2, 0.25) is 0 Å². The minimum Gasteiger partial charge on any atom is -0.326 e. The quantitative estimate of drug-likeness (QED) is 0.909. The van der Waals surface area contributed by atoms with Gasteiger partial charge in [0.15, 0.2) is 0 Å². The molecule has 0 radical (unpaired) electrons. The molecular formula is C17H27FN2. The molecular weight excluding hydrogens is 251 g/mol. The molecule has 1 aliphatic heterocycles. The van der Waals surface area contributed by atoms with Crippen LogP contribution in [0.1, 0.15) is 51.1 Å². The van der Waals surface area contributed by atoms with Crippen LogP contribution in [0.3, 0.4) is 0 Å². The van der Waals surface area contributed by atoms with Gasteiger partial charge in [-0.15, -0.1) is 0 Å². The predicted molar refractivity (Wildman–Crippen MR) is 82.0 cm³/mol. The second-order valence-electron chi connectivity index (χ2n) is 6.11. The molecule has 2 nitrogen and oxygen atoms in total. The Labute approximate surface area is 122 Å². The summed E-state index contributed by atoms with van der Waals surface area (Å²) in [6.07, 6.45) is 4.50. The summed E-state index contributed by atoms with van der Waals surface area (Å²) < 4.78 is 14.2. The molecule has 0 aliphatic carbocycles. The smallest absolute Gasteiger partial charge is 0.128 e. The van der Waals surface area contributed by atoms with Crippen molar-refractivity contribution in [3.8, 4) is 0 Å². The van der Waals surface area contributed by atoms with E-state index in [1.165, 1.54) is 19.3 Å². The number of nitrogens with two attached hydrogens (primary N) is 1. The van der Waals surface area contributed by atoms with E-state index >= 15 is 0 Å². The maximum absolute atomic E-state index is 14.2. The number of halogens is 1. The third-order valence-electron chi connectivity index (χ3n) is 4.55. The summed E-state index contributed by atoms with van der Waals surface area (Å²) in [6, 6.07) is 7.09. The molecule has 2 N–H and O–H groups in total. The van der Waals surface area contributed by atoms with Gasteiger partial charge in [0.25, 0.3) is 0 Å². The summed E-state index contributed by atoms with van der Waals surface area (Å²) in [5.74, 6) is 0.637. The Bertz CT molecular complexity index is 421. The first-order chi connectivity index (χ1) is 9.63. The van der Waals surface area contributed by atoms with E-state index in [1.807, 2.05) is 12.1 Å². The van der Waals surface area contributed by atoms with Gasteiger partial charge in [0.05, 0.1) is 6.04 Å². The lowest BCUT2D eigenvalue weighted by Gasteiger charge is -2.35. The van der Waals surface area contributed by atoms with Gasteiger partial charge in [-0.2, -0.15) is 0 Å². The Morgan fingerprint density at radius 1 is 1.30 bits per heavy atom. The number of rotatable bonds is 4. The lowest BCUT2D eigenvalue weighted by atomic mass is 9.95. The Kier molecular flexibility index (Phi) is 5.55. The average Bonchev–Trinajstić information content (AvgIpc) is 2.66. The SMILES string of the molecule is CCC(N)C(c1ccccc1F)N1CCCC(C)CC1. The van der Waals surface area contributed by atoms with Crippen LogP contribution in [-0.2, 0) is 0 Å². The number of benzene rings is 1. The highest BCUT2D eigenvalue weighted by molar-refractivity contribution is 5.23. The van der Waals surface area contributed by atoms with Crippen molar-refractivity contribution in [1.82, 2.24) is 4.90 Å². The van der Waals surface area contributed by atoms with Crippen LogP contribution < -0.4 is 5.73 Å². The highest BCUT2D eigenvalue weighted by Gasteiger charge is 2.29. The van der Waals surface area contributed by atoms with E-state index in [0.29, 0.717) is 0 Å². The molecule has 20 heavy (non-hydrogen) atoms. The van der Waals surface area contributed by atoms with E-state index in [4.69, 9.17) is 5.73 Å². The van der Waals surface area contributed by atoms with Gasteiger partial charge < -0.3 is 5.73 Å². The van der Waals surface area contributed by atoms with Crippen molar-refractivity contribution in [3.63, 3.8) is 0 Å². The molecule has 0 aromatic heterocycles. The second-order valence-corrected chi connectivity index (χ2v) is 6.11. The summed E-state index contributed by atoms with van der Waals surface area (Å²) in [7, 11) is 0. The van der Waals surface area contributed by atoms with Crippen LogP contribution in [0.15, 0.2) is 24.3 Å². The highest BCUT2D eigenvalue weighted by atomic mass is 19.1. The molecule has 1 fully saturated rings. The van der Waals surface area contributed by atoms with Gasteiger partial charge in [-0.1, -0.05) is 32.0 Å². The fourth-order valence-electron chi connectivity index (χ4n) is 3.20. The highest BCUT2D eigenvalue weighted by Crippen LogP contribution is 2.30. The number of hydrogen-bond donors (Lipinski definition) is 1. The molecule has 1 heterocycles. The Hall–Kier alpha value is -0.930. The van der Waals surface area contributed by atoms with Crippen LogP contribution in [0, 0.1) is 11.7 Å². The van der Waals surface area contributed by atoms with Crippen molar-refractivity contribution in [3.05, 3.63) is 35.6 Å². The van der Waals surface area contributed by atoms with Gasteiger partial charge in [0, 0.05) is 11.6 Å². The minimum absolute atomic E-state index is 0.00602. The fourth-order valence-corrected chi connectivity index (χ4v) is 3.20.